The lowest BCUT2D eigenvalue weighted by atomic mass is 10.1. The predicted molar refractivity (Wildman–Crippen MR) is 111 cm³/mol. The Morgan fingerprint density at radius 3 is 2.43 bits per heavy atom. The zero-order valence-electron chi connectivity index (χ0n) is 17.0. The molecule has 1 heterocycles. The van der Waals surface area contributed by atoms with Gasteiger partial charge in [-0.25, -0.2) is 0 Å². The fourth-order valence-electron chi connectivity index (χ4n) is 2.92. The van der Waals surface area contributed by atoms with E-state index >= 15 is 0 Å². The molecule has 3 rings (SSSR count). The first-order valence-electron chi connectivity index (χ1n) is 9.25. The van der Waals surface area contributed by atoms with Crippen molar-refractivity contribution < 1.29 is 14.3 Å². The number of ether oxygens (including phenoxy) is 2. The first kappa shape index (κ1) is 19.7. The molecule has 146 valence electrons. The van der Waals surface area contributed by atoms with Gasteiger partial charge in [-0.2, -0.15) is 0 Å². The fraction of sp³-hybridized carbons (Fsp3) is 0.304. The summed E-state index contributed by atoms with van der Waals surface area (Å²) in [6.07, 6.45) is 0. The number of nitrogens with one attached hydrogen (secondary N) is 1. The Morgan fingerprint density at radius 1 is 1.07 bits per heavy atom. The van der Waals surface area contributed by atoms with Crippen LogP contribution in [0.25, 0.3) is 10.9 Å². The van der Waals surface area contributed by atoms with Gasteiger partial charge in [-0.05, 0) is 45.4 Å². The number of pyridine rings is 1. The highest BCUT2D eigenvalue weighted by Crippen LogP contribution is 2.33. The maximum atomic E-state index is 12.6. The second-order valence-electron chi connectivity index (χ2n) is 7.80. The van der Waals surface area contributed by atoms with E-state index in [2.05, 4.69) is 10.3 Å². The van der Waals surface area contributed by atoms with Crippen LogP contribution in [0.15, 0.2) is 48.5 Å². The monoisotopic (exact) mass is 378 g/mol. The summed E-state index contributed by atoms with van der Waals surface area (Å²) < 4.78 is 11.5. The van der Waals surface area contributed by atoms with Crippen LogP contribution < -0.4 is 14.8 Å². The number of fused-ring (bicyclic) bond motifs is 1. The molecule has 0 unspecified atom stereocenters. The minimum absolute atomic E-state index is 0.137. The van der Waals surface area contributed by atoms with E-state index in [4.69, 9.17) is 9.47 Å². The average Bonchev–Trinajstić information content (AvgIpc) is 2.64. The summed E-state index contributed by atoms with van der Waals surface area (Å²) in [4.78, 5) is 17.2. The Hall–Kier alpha value is -3.08. The molecular weight excluding hydrogens is 352 g/mol. The van der Waals surface area contributed by atoms with Crippen molar-refractivity contribution in [3.8, 4) is 11.5 Å². The third-order valence-electron chi connectivity index (χ3n) is 4.26. The minimum atomic E-state index is -0.317. The van der Waals surface area contributed by atoms with Gasteiger partial charge in [0, 0.05) is 17.0 Å². The number of rotatable bonds is 5. The number of carbonyl (C=O) groups excluding carboxylic acids is 1. The third-order valence-corrected chi connectivity index (χ3v) is 4.26. The van der Waals surface area contributed by atoms with Gasteiger partial charge in [0.15, 0.2) is 11.5 Å². The Balaban J connectivity index is 1.96. The lowest BCUT2D eigenvalue weighted by Crippen LogP contribution is -2.40. The van der Waals surface area contributed by atoms with Gasteiger partial charge in [-0.1, -0.05) is 30.3 Å². The van der Waals surface area contributed by atoms with Crippen LogP contribution in [0, 0.1) is 6.92 Å². The van der Waals surface area contributed by atoms with E-state index in [0.29, 0.717) is 29.4 Å². The maximum Gasteiger partial charge on any atom is 0.253 e. The number of benzene rings is 2. The van der Waals surface area contributed by atoms with Gasteiger partial charge in [-0.3, -0.25) is 9.78 Å². The van der Waals surface area contributed by atoms with Gasteiger partial charge >= 0.3 is 0 Å². The molecule has 1 aromatic heterocycles. The second kappa shape index (κ2) is 7.89. The largest absolute Gasteiger partial charge is 0.493 e. The molecule has 0 saturated heterocycles. The Labute approximate surface area is 165 Å². The lowest BCUT2D eigenvalue weighted by Gasteiger charge is -2.21. The first-order valence-corrected chi connectivity index (χ1v) is 9.25. The molecule has 0 bridgehead atoms. The van der Waals surface area contributed by atoms with Gasteiger partial charge < -0.3 is 14.8 Å². The van der Waals surface area contributed by atoms with E-state index in [-0.39, 0.29) is 11.4 Å². The maximum absolute atomic E-state index is 12.6. The average molecular weight is 378 g/mol. The van der Waals surface area contributed by atoms with Crippen molar-refractivity contribution in [1.82, 2.24) is 10.3 Å². The molecule has 0 aliphatic heterocycles. The first-order chi connectivity index (χ1) is 13.3. The highest BCUT2D eigenvalue weighted by Gasteiger charge is 2.19. The van der Waals surface area contributed by atoms with Crippen molar-refractivity contribution in [3.63, 3.8) is 0 Å². The van der Waals surface area contributed by atoms with Crippen LogP contribution >= 0.6 is 0 Å². The zero-order valence-corrected chi connectivity index (χ0v) is 17.0. The summed E-state index contributed by atoms with van der Waals surface area (Å²) in [5.41, 5.74) is 2.74. The number of hydrogen-bond donors (Lipinski definition) is 1. The smallest absolute Gasteiger partial charge is 0.253 e. The SMILES string of the molecule is COc1cc2nc(C)c(C(=O)NC(C)(C)C)cc2cc1OCc1ccccc1. The van der Waals surface area contributed by atoms with Gasteiger partial charge in [0.1, 0.15) is 6.61 Å². The van der Waals surface area contributed by atoms with Gasteiger partial charge in [0.2, 0.25) is 0 Å². The van der Waals surface area contributed by atoms with E-state index < -0.39 is 0 Å². The number of nitrogens with zero attached hydrogens (tertiary/aromatic N) is 1. The van der Waals surface area contributed by atoms with Crippen LogP contribution in [0.3, 0.4) is 0 Å². The molecule has 2 aromatic carbocycles. The van der Waals surface area contributed by atoms with E-state index in [0.717, 1.165) is 16.5 Å². The molecule has 0 atom stereocenters. The van der Waals surface area contributed by atoms with Crippen molar-refractivity contribution in [3.05, 3.63) is 65.4 Å². The standard InChI is InChI=1S/C23H26N2O3/c1-15-18(22(26)25-23(2,3)4)11-17-12-21(20(27-5)13-19(17)24-15)28-14-16-9-7-6-8-10-16/h6-13H,14H2,1-5H3,(H,25,26). The van der Waals surface area contributed by atoms with Crippen molar-refractivity contribution >= 4 is 16.8 Å². The molecular formula is C23H26N2O3. The Kier molecular flexibility index (Phi) is 5.54. The Morgan fingerprint density at radius 2 is 1.79 bits per heavy atom. The number of amides is 1. The quantitative estimate of drug-likeness (QED) is 0.701. The molecule has 28 heavy (non-hydrogen) atoms. The van der Waals surface area contributed by atoms with Crippen molar-refractivity contribution in [2.24, 2.45) is 0 Å². The summed E-state index contributed by atoms with van der Waals surface area (Å²) in [6, 6.07) is 15.5. The van der Waals surface area contributed by atoms with Crippen LogP contribution in [0.4, 0.5) is 0 Å². The van der Waals surface area contributed by atoms with Crippen molar-refractivity contribution in [2.45, 2.75) is 39.8 Å². The van der Waals surface area contributed by atoms with Crippen LogP contribution in [-0.4, -0.2) is 23.5 Å². The zero-order chi connectivity index (χ0) is 20.3. The topological polar surface area (TPSA) is 60.5 Å². The van der Waals surface area contributed by atoms with Crippen molar-refractivity contribution in [1.29, 1.82) is 0 Å². The molecule has 0 aliphatic rings. The summed E-state index contributed by atoms with van der Waals surface area (Å²) in [6.45, 7) is 8.13. The summed E-state index contributed by atoms with van der Waals surface area (Å²) in [5.74, 6) is 1.09. The molecule has 5 nitrogen and oxygen atoms in total. The predicted octanol–water partition coefficient (Wildman–Crippen LogP) is 4.66. The number of methoxy groups -OCH3 is 1. The minimum Gasteiger partial charge on any atom is -0.493 e. The molecule has 0 spiro atoms. The molecule has 1 N–H and O–H groups in total. The van der Waals surface area contributed by atoms with Gasteiger partial charge in [0.25, 0.3) is 5.91 Å². The van der Waals surface area contributed by atoms with Crippen LogP contribution in [0.1, 0.15) is 42.4 Å². The van der Waals surface area contributed by atoms with Crippen molar-refractivity contribution in [2.75, 3.05) is 7.11 Å². The molecule has 0 fully saturated rings. The van der Waals surface area contributed by atoms with Crippen LogP contribution in [0.5, 0.6) is 11.5 Å². The van der Waals surface area contributed by atoms with Gasteiger partial charge in [-0.15, -0.1) is 0 Å². The molecule has 0 radical (unpaired) electrons. The molecule has 3 aromatic rings. The summed E-state index contributed by atoms with van der Waals surface area (Å²) in [7, 11) is 1.61. The lowest BCUT2D eigenvalue weighted by molar-refractivity contribution is 0.0918. The number of aromatic nitrogens is 1. The van der Waals surface area contributed by atoms with Crippen LogP contribution in [0.2, 0.25) is 0 Å². The number of aryl methyl sites for hydroxylation is 1. The molecule has 5 heteroatoms. The summed E-state index contributed by atoms with van der Waals surface area (Å²) >= 11 is 0. The molecule has 1 amide bonds. The van der Waals surface area contributed by atoms with E-state index in [1.165, 1.54) is 0 Å². The van der Waals surface area contributed by atoms with E-state index in [1.54, 1.807) is 7.11 Å². The van der Waals surface area contributed by atoms with E-state index in [9.17, 15) is 4.79 Å². The summed E-state index contributed by atoms with van der Waals surface area (Å²) in [5, 5.41) is 3.82. The molecule has 0 aliphatic carbocycles. The third kappa shape index (κ3) is 4.60. The van der Waals surface area contributed by atoms with Gasteiger partial charge in [0.05, 0.1) is 23.9 Å². The Bertz CT molecular complexity index is 992. The second-order valence-corrected chi connectivity index (χ2v) is 7.80. The van der Waals surface area contributed by atoms with E-state index in [1.807, 2.05) is 76.2 Å². The fourth-order valence-corrected chi connectivity index (χ4v) is 2.92. The normalized spacial score (nSPS) is 11.3. The number of hydrogen-bond acceptors (Lipinski definition) is 4. The number of carbonyl (C=O) groups is 1. The molecule has 0 saturated carbocycles. The van der Waals surface area contributed by atoms with Crippen LogP contribution in [-0.2, 0) is 6.61 Å². The highest BCUT2D eigenvalue weighted by molar-refractivity contribution is 5.99. The highest BCUT2D eigenvalue weighted by atomic mass is 16.5.